The third-order valence-electron chi connectivity index (χ3n) is 5.97. The smallest absolute Gasteiger partial charge is 0.267 e. The minimum Gasteiger partial charge on any atom is -0.306 e. The Morgan fingerprint density at radius 2 is 1.84 bits per heavy atom. The van der Waals surface area contributed by atoms with E-state index in [0.29, 0.717) is 33.0 Å². The highest BCUT2D eigenvalue weighted by Gasteiger charge is 2.28. The van der Waals surface area contributed by atoms with Crippen LogP contribution in [-0.2, 0) is 23.9 Å². The molecule has 0 fully saturated rings. The number of rotatable bonds is 2. The van der Waals surface area contributed by atoms with Crippen LogP contribution in [0.25, 0.3) is 10.2 Å². The molecule has 0 aliphatic carbocycles. The van der Waals surface area contributed by atoms with Crippen LogP contribution in [0.3, 0.4) is 0 Å². The second-order valence-corrected chi connectivity index (χ2v) is 11.7. The summed E-state index contributed by atoms with van der Waals surface area (Å²) in [5.41, 5.74) is 1.17. The number of amides is 1. The summed E-state index contributed by atoms with van der Waals surface area (Å²) in [7, 11) is 0. The van der Waals surface area contributed by atoms with Gasteiger partial charge in [-0.3, -0.25) is 14.2 Å². The van der Waals surface area contributed by atoms with Crippen molar-refractivity contribution in [1.82, 2.24) is 19.3 Å². The molecule has 0 aromatic carbocycles. The topological polar surface area (TPSA) is 81.8 Å². The van der Waals surface area contributed by atoms with Crippen LogP contribution in [-0.4, -0.2) is 25.2 Å². The molecule has 8 heteroatoms. The number of carbonyl (C=O) groups excluding carboxylic acids is 1. The van der Waals surface area contributed by atoms with Crippen LogP contribution < -0.4 is 10.9 Å². The zero-order valence-electron chi connectivity index (χ0n) is 20.1. The third kappa shape index (κ3) is 4.00. The highest BCUT2D eigenvalue weighted by molar-refractivity contribution is 7.20. The van der Waals surface area contributed by atoms with Crippen molar-refractivity contribution in [2.24, 2.45) is 0 Å². The fourth-order valence-corrected chi connectivity index (χ4v) is 5.23. The van der Waals surface area contributed by atoms with E-state index in [1.165, 1.54) is 11.3 Å². The standard InChI is InChI=1S/C24H33N5O2S/c1-14-18-21(26-16-11-9-8-10-12-28(16)22(18)31)32-19(14)20(30)25-17-13-15(23(2,3)4)27-29(17)24(5,6)7/h13H,8-12H2,1-7H3,(H,25,30). The maximum Gasteiger partial charge on any atom is 0.267 e. The van der Waals surface area contributed by atoms with Crippen LogP contribution in [0, 0.1) is 6.92 Å². The minimum atomic E-state index is -0.292. The predicted octanol–water partition coefficient (Wildman–Crippen LogP) is 4.99. The van der Waals surface area contributed by atoms with Gasteiger partial charge in [0.05, 0.1) is 21.5 Å². The summed E-state index contributed by atoms with van der Waals surface area (Å²) in [6.45, 7) is 15.0. The Morgan fingerprint density at radius 1 is 1.12 bits per heavy atom. The van der Waals surface area contributed by atoms with E-state index in [-0.39, 0.29) is 22.4 Å². The summed E-state index contributed by atoms with van der Waals surface area (Å²) in [5.74, 6) is 1.27. The summed E-state index contributed by atoms with van der Waals surface area (Å²) in [4.78, 5) is 32.6. The van der Waals surface area contributed by atoms with Crippen LogP contribution in [0.1, 0.15) is 87.6 Å². The Balaban J connectivity index is 1.76. The van der Waals surface area contributed by atoms with Gasteiger partial charge in [0.25, 0.3) is 11.5 Å². The van der Waals surface area contributed by atoms with Gasteiger partial charge in [-0.05, 0) is 46.1 Å². The van der Waals surface area contributed by atoms with Gasteiger partial charge >= 0.3 is 0 Å². The number of anilines is 1. The van der Waals surface area contributed by atoms with E-state index in [4.69, 9.17) is 10.1 Å². The van der Waals surface area contributed by atoms with Crippen molar-refractivity contribution >= 4 is 33.3 Å². The lowest BCUT2D eigenvalue weighted by atomic mass is 9.92. The van der Waals surface area contributed by atoms with Gasteiger partial charge in [0, 0.05) is 24.4 Å². The number of aryl methyl sites for hydroxylation is 2. The molecule has 4 heterocycles. The fraction of sp³-hybridized carbons (Fsp3) is 0.583. The molecule has 3 aromatic rings. The molecule has 1 aliphatic heterocycles. The molecule has 0 saturated carbocycles. The molecular formula is C24H33N5O2S. The summed E-state index contributed by atoms with van der Waals surface area (Å²) < 4.78 is 3.67. The van der Waals surface area contributed by atoms with E-state index < -0.39 is 0 Å². The lowest BCUT2D eigenvalue weighted by Gasteiger charge is -2.23. The molecular weight excluding hydrogens is 422 g/mol. The first-order valence-corrected chi connectivity index (χ1v) is 12.1. The van der Waals surface area contributed by atoms with Crippen molar-refractivity contribution < 1.29 is 4.79 Å². The average Bonchev–Trinajstić information content (AvgIpc) is 3.16. The Hall–Kier alpha value is -2.48. The van der Waals surface area contributed by atoms with Gasteiger partial charge in [0.2, 0.25) is 0 Å². The second kappa shape index (κ2) is 7.83. The molecule has 0 saturated heterocycles. The molecule has 0 atom stereocenters. The summed E-state index contributed by atoms with van der Waals surface area (Å²) in [6, 6.07) is 1.95. The van der Waals surface area contributed by atoms with Crippen molar-refractivity contribution in [3.05, 3.63) is 38.4 Å². The molecule has 0 spiro atoms. The average molecular weight is 456 g/mol. The SMILES string of the molecule is Cc1c(C(=O)Nc2cc(C(C)(C)C)nn2C(C)(C)C)sc2nc3n(c(=O)c12)CCCCC3. The molecule has 1 N–H and O–H groups in total. The number of nitrogens with one attached hydrogen (secondary N) is 1. The van der Waals surface area contributed by atoms with Crippen LogP contribution in [0.5, 0.6) is 0 Å². The van der Waals surface area contributed by atoms with Crippen molar-refractivity contribution in [2.75, 3.05) is 5.32 Å². The number of fused-ring (bicyclic) bond motifs is 2. The predicted molar refractivity (Wildman–Crippen MR) is 130 cm³/mol. The quantitative estimate of drug-likeness (QED) is 0.590. The van der Waals surface area contributed by atoms with Gasteiger partial charge in [0.1, 0.15) is 16.5 Å². The molecule has 172 valence electrons. The number of hydrogen-bond donors (Lipinski definition) is 1. The van der Waals surface area contributed by atoms with E-state index >= 15 is 0 Å². The summed E-state index contributed by atoms with van der Waals surface area (Å²) in [6.07, 6.45) is 3.96. The molecule has 0 unspecified atom stereocenters. The zero-order chi connectivity index (χ0) is 23.4. The fourth-order valence-electron chi connectivity index (χ4n) is 4.15. The zero-order valence-corrected chi connectivity index (χ0v) is 20.9. The number of aromatic nitrogens is 4. The Bertz CT molecular complexity index is 1250. The minimum absolute atomic E-state index is 0.0190. The van der Waals surface area contributed by atoms with E-state index in [9.17, 15) is 9.59 Å². The normalized spacial score (nSPS) is 15.0. The number of hydrogen-bond acceptors (Lipinski definition) is 5. The number of carbonyl (C=O) groups is 1. The third-order valence-corrected chi connectivity index (χ3v) is 7.16. The first-order chi connectivity index (χ1) is 14.9. The highest BCUT2D eigenvalue weighted by atomic mass is 32.1. The molecule has 0 bridgehead atoms. The molecule has 3 aromatic heterocycles. The maximum absolute atomic E-state index is 13.4. The Kier molecular flexibility index (Phi) is 5.56. The van der Waals surface area contributed by atoms with E-state index in [2.05, 4.69) is 46.9 Å². The number of nitrogens with zero attached hydrogens (tertiary/aromatic N) is 4. The van der Waals surface area contributed by atoms with Crippen molar-refractivity contribution in [3.63, 3.8) is 0 Å². The lowest BCUT2D eigenvalue weighted by molar-refractivity contribution is 0.102. The van der Waals surface area contributed by atoms with Crippen LogP contribution in [0.2, 0.25) is 0 Å². The Morgan fingerprint density at radius 3 is 2.50 bits per heavy atom. The first-order valence-electron chi connectivity index (χ1n) is 11.3. The van der Waals surface area contributed by atoms with Crippen molar-refractivity contribution in [2.45, 2.75) is 91.6 Å². The second-order valence-electron chi connectivity index (χ2n) is 10.7. The lowest BCUT2D eigenvalue weighted by Crippen LogP contribution is -2.27. The van der Waals surface area contributed by atoms with Crippen LogP contribution in [0.4, 0.5) is 5.82 Å². The largest absolute Gasteiger partial charge is 0.306 e. The van der Waals surface area contributed by atoms with Crippen molar-refractivity contribution in [3.8, 4) is 0 Å². The van der Waals surface area contributed by atoms with Gasteiger partial charge < -0.3 is 5.32 Å². The van der Waals surface area contributed by atoms with Gasteiger partial charge in [-0.1, -0.05) is 27.2 Å². The van der Waals surface area contributed by atoms with Crippen LogP contribution in [0.15, 0.2) is 10.9 Å². The monoisotopic (exact) mass is 455 g/mol. The van der Waals surface area contributed by atoms with E-state index in [0.717, 1.165) is 37.2 Å². The number of thiophene rings is 1. The van der Waals surface area contributed by atoms with Crippen LogP contribution >= 0.6 is 11.3 Å². The highest BCUT2D eigenvalue weighted by Crippen LogP contribution is 2.31. The summed E-state index contributed by atoms with van der Waals surface area (Å²) in [5, 5.41) is 8.42. The van der Waals surface area contributed by atoms with Crippen molar-refractivity contribution in [1.29, 1.82) is 0 Å². The molecule has 7 nitrogen and oxygen atoms in total. The van der Waals surface area contributed by atoms with Gasteiger partial charge in [-0.2, -0.15) is 5.10 Å². The van der Waals surface area contributed by atoms with E-state index in [1.807, 2.05) is 17.7 Å². The van der Waals surface area contributed by atoms with Gasteiger partial charge in [0.15, 0.2) is 0 Å². The van der Waals surface area contributed by atoms with Gasteiger partial charge in [-0.25, -0.2) is 9.67 Å². The molecule has 32 heavy (non-hydrogen) atoms. The van der Waals surface area contributed by atoms with Gasteiger partial charge in [-0.15, -0.1) is 11.3 Å². The molecule has 0 radical (unpaired) electrons. The molecule has 4 rings (SSSR count). The van der Waals surface area contributed by atoms with E-state index in [1.54, 1.807) is 4.57 Å². The first kappa shape index (κ1) is 22.7. The summed E-state index contributed by atoms with van der Waals surface area (Å²) >= 11 is 1.30. The molecule has 1 aliphatic rings. The Labute approximate surface area is 192 Å². The molecule has 1 amide bonds. The maximum atomic E-state index is 13.4.